The Bertz CT molecular complexity index is 882. The molecule has 1 N–H and O–H groups in total. The molecule has 3 rings (SSSR count). The first-order valence-electron chi connectivity index (χ1n) is 8.50. The Balaban J connectivity index is 1.99. The molecule has 1 amide bonds. The number of halogens is 1. The van der Waals surface area contributed by atoms with Gasteiger partial charge in [0.05, 0.1) is 5.69 Å². The normalized spacial score (nSPS) is 10.5. The Morgan fingerprint density at radius 1 is 1.08 bits per heavy atom. The molecule has 3 aromatic rings. The number of nitrogens with one attached hydrogen (secondary N) is 1. The monoisotopic (exact) mass is 350 g/mol. The molecule has 0 aliphatic carbocycles. The van der Waals surface area contributed by atoms with Crippen molar-refractivity contribution in [3.8, 4) is 22.4 Å². The number of hydrogen-bond acceptors (Lipinski definition) is 4. The van der Waals surface area contributed by atoms with Crippen molar-refractivity contribution in [1.29, 1.82) is 0 Å². The molecule has 2 heterocycles. The molecule has 0 fully saturated rings. The molecule has 0 atom stereocenters. The van der Waals surface area contributed by atoms with Crippen molar-refractivity contribution >= 4 is 11.9 Å². The topological polar surface area (TPSA) is 67.8 Å². The number of amides is 1. The summed E-state index contributed by atoms with van der Waals surface area (Å²) in [6.45, 7) is 2.03. The van der Waals surface area contributed by atoms with Crippen LogP contribution in [0.15, 0.2) is 55.0 Å². The van der Waals surface area contributed by atoms with Crippen molar-refractivity contribution < 1.29 is 9.18 Å². The van der Waals surface area contributed by atoms with E-state index in [2.05, 4.69) is 20.3 Å². The van der Waals surface area contributed by atoms with Gasteiger partial charge in [0.1, 0.15) is 5.82 Å². The fraction of sp³-hybridized carbons (Fsp3) is 0.200. The molecule has 0 aliphatic rings. The lowest BCUT2D eigenvalue weighted by Crippen LogP contribution is -2.14. The summed E-state index contributed by atoms with van der Waals surface area (Å²) in [6, 6.07) is 9.81. The Hall–Kier alpha value is -3.15. The van der Waals surface area contributed by atoms with Crippen molar-refractivity contribution in [3.63, 3.8) is 0 Å². The summed E-state index contributed by atoms with van der Waals surface area (Å²) in [5.41, 5.74) is 3.04. The Morgan fingerprint density at radius 2 is 1.81 bits per heavy atom. The van der Waals surface area contributed by atoms with Crippen LogP contribution in [0.1, 0.15) is 26.2 Å². The number of aromatic nitrogens is 3. The third-order valence-corrected chi connectivity index (χ3v) is 3.91. The van der Waals surface area contributed by atoms with Gasteiger partial charge in [-0.3, -0.25) is 15.1 Å². The largest absolute Gasteiger partial charge is 0.295 e. The van der Waals surface area contributed by atoms with Crippen LogP contribution >= 0.6 is 0 Å². The lowest BCUT2D eigenvalue weighted by Gasteiger charge is -2.11. The molecule has 2 aromatic heterocycles. The zero-order valence-electron chi connectivity index (χ0n) is 14.4. The molecule has 0 saturated heterocycles. The second kappa shape index (κ2) is 8.29. The number of unbranched alkanes of at least 4 members (excludes halogenated alkanes) is 1. The number of benzene rings is 1. The fourth-order valence-electron chi connectivity index (χ4n) is 2.54. The highest BCUT2D eigenvalue weighted by atomic mass is 19.1. The van der Waals surface area contributed by atoms with E-state index in [4.69, 9.17) is 0 Å². The summed E-state index contributed by atoms with van der Waals surface area (Å²) in [4.78, 5) is 24.8. The van der Waals surface area contributed by atoms with Crippen LogP contribution < -0.4 is 5.32 Å². The maximum atomic E-state index is 13.2. The third kappa shape index (κ3) is 4.27. The van der Waals surface area contributed by atoms with Crippen LogP contribution in [-0.2, 0) is 4.79 Å². The van der Waals surface area contributed by atoms with Crippen LogP contribution in [0.25, 0.3) is 22.4 Å². The van der Waals surface area contributed by atoms with Gasteiger partial charge in [0.15, 0.2) is 0 Å². The quantitative estimate of drug-likeness (QED) is 0.712. The van der Waals surface area contributed by atoms with Gasteiger partial charge in [-0.2, -0.15) is 0 Å². The Morgan fingerprint density at radius 3 is 2.50 bits per heavy atom. The molecule has 0 unspecified atom stereocenters. The van der Waals surface area contributed by atoms with E-state index in [-0.39, 0.29) is 17.7 Å². The highest BCUT2D eigenvalue weighted by molar-refractivity contribution is 5.90. The average Bonchev–Trinajstić information content (AvgIpc) is 2.68. The molecule has 0 bridgehead atoms. The number of nitrogens with zero attached hydrogens (tertiary/aromatic N) is 3. The highest BCUT2D eigenvalue weighted by Gasteiger charge is 2.13. The van der Waals surface area contributed by atoms with Crippen LogP contribution in [0.2, 0.25) is 0 Å². The number of carbonyl (C=O) groups is 1. The molecule has 5 nitrogen and oxygen atoms in total. The summed E-state index contributed by atoms with van der Waals surface area (Å²) in [6.07, 6.45) is 7.18. The van der Waals surface area contributed by atoms with E-state index >= 15 is 0 Å². The van der Waals surface area contributed by atoms with E-state index in [1.165, 1.54) is 12.1 Å². The fourth-order valence-corrected chi connectivity index (χ4v) is 2.54. The van der Waals surface area contributed by atoms with Crippen molar-refractivity contribution in [3.05, 3.63) is 60.8 Å². The molecule has 0 radical (unpaired) electrons. The van der Waals surface area contributed by atoms with Crippen molar-refractivity contribution in [2.75, 3.05) is 5.32 Å². The standard InChI is InChI=1S/C20H19FN4O/c1-2-3-4-18(26)24-20-23-13-17(14-5-7-16(21)8-6-14)19(25-20)15-9-11-22-12-10-15/h5-13H,2-4H2,1H3,(H,23,24,25,26). The zero-order valence-corrected chi connectivity index (χ0v) is 14.4. The van der Waals surface area contributed by atoms with E-state index in [0.717, 1.165) is 29.5 Å². The van der Waals surface area contributed by atoms with E-state index in [9.17, 15) is 9.18 Å². The molecule has 132 valence electrons. The maximum absolute atomic E-state index is 13.2. The first kappa shape index (κ1) is 17.7. The van der Waals surface area contributed by atoms with Crippen molar-refractivity contribution in [1.82, 2.24) is 15.0 Å². The molecular formula is C20H19FN4O. The van der Waals surface area contributed by atoms with Gasteiger partial charge in [0.2, 0.25) is 11.9 Å². The van der Waals surface area contributed by atoms with Crippen LogP contribution in [-0.4, -0.2) is 20.9 Å². The van der Waals surface area contributed by atoms with Gasteiger partial charge in [-0.25, -0.2) is 14.4 Å². The van der Waals surface area contributed by atoms with Gasteiger partial charge in [-0.15, -0.1) is 0 Å². The number of pyridine rings is 1. The third-order valence-electron chi connectivity index (χ3n) is 3.91. The molecule has 26 heavy (non-hydrogen) atoms. The predicted molar refractivity (Wildman–Crippen MR) is 98.8 cm³/mol. The van der Waals surface area contributed by atoms with Gasteiger partial charge >= 0.3 is 0 Å². The Kier molecular flexibility index (Phi) is 5.63. The zero-order chi connectivity index (χ0) is 18.4. The summed E-state index contributed by atoms with van der Waals surface area (Å²) >= 11 is 0. The van der Waals surface area contributed by atoms with Crippen LogP contribution in [0.5, 0.6) is 0 Å². The lowest BCUT2D eigenvalue weighted by molar-refractivity contribution is -0.116. The SMILES string of the molecule is CCCCC(=O)Nc1ncc(-c2ccc(F)cc2)c(-c2ccncc2)n1. The minimum atomic E-state index is -0.306. The highest BCUT2D eigenvalue weighted by Crippen LogP contribution is 2.30. The van der Waals surface area contributed by atoms with Crippen LogP contribution in [0.4, 0.5) is 10.3 Å². The number of carbonyl (C=O) groups excluding carboxylic acids is 1. The summed E-state index contributed by atoms with van der Waals surface area (Å²) in [7, 11) is 0. The van der Waals surface area contributed by atoms with Gasteiger partial charge < -0.3 is 0 Å². The number of hydrogen-bond donors (Lipinski definition) is 1. The lowest BCUT2D eigenvalue weighted by atomic mass is 10.0. The van der Waals surface area contributed by atoms with Crippen LogP contribution in [0, 0.1) is 5.82 Å². The van der Waals surface area contributed by atoms with E-state index in [0.29, 0.717) is 12.1 Å². The van der Waals surface area contributed by atoms with Gasteiger partial charge in [-0.1, -0.05) is 25.5 Å². The average molecular weight is 350 g/mol. The predicted octanol–water partition coefficient (Wildman–Crippen LogP) is 4.47. The molecule has 0 saturated carbocycles. The summed E-state index contributed by atoms with van der Waals surface area (Å²) in [5.74, 6) is -0.161. The van der Waals surface area contributed by atoms with E-state index in [1.54, 1.807) is 30.7 Å². The van der Waals surface area contributed by atoms with Gasteiger partial charge in [0, 0.05) is 36.1 Å². The van der Waals surface area contributed by atoms with E-state index in [1.807, 2.05) is 19.1 Å². The summed E-state index contributed by atoms with van der Waals surface area (Å²) in [5, 5.41) is 2.74. The van der Waals surface area contributed by atoms with E-state index < -0.39 is 0 Å². The first-order valence-corrected chi connectivity index (χ1v) is 8.50. The molecule has 0 spiro atoms. The number of rotatable bonds is 6. The maximum Gasteiger partial charge on any atom is 0.229 e. The number of anilines is 1. The van der Waals surface area contributed by atoms with Gasteiger partial charge in [-0.05, 0) is 36.2 Å². The molecule has 1 aromatic carbocycles. The smallest absolute Gasteiger partial charge is 0.229 e. The second-order valence-electron chi connectivity index (χ2n) is 5.85. The van der Waals surface area contributed by atoms with Crippen molar-refractivity contribution in [2.45, 2.75) is 26.2 Å². The second-order valence-corrected chi connectivity index (χ2v) is 5.85. The minimum Gasteiger partial charge on any atom is -0.295 e. The summed E-state index contributed by atoms with van der Waals surface area (Å²) < 4.78 is 13.2. The molecule has 0 aliphatic heterocycles. The Labute approximate surface area is 151 Å². The van der Waals surface area contributed by atoms with Crippen molar-refractivity contribution in [2.24, 2.45) is 0 Å². The molecule has 6 heteroatoms. The molecular weight excluding hydrogens is 331 g/mol. The minimum absolute atomic E-state index is 0.109. The van der Waals surface area contributed by atoms with Gasteiger partial charge in [0.25, 0.3) is 0 Å². The first-order chi connectivity index (χ1) is 12.7. The van der Waals surface area contributed by atoms with Crippen LogP contribution in [0.3, 0.4) is 0 Å².